The topological polar surface area (TPSA) is 87.7 Å². The van der Waals surface area contributed by atoms with Crippen molar-refractivity contribution in [2.75, 3.05) is 18.4 Å². The summed E-state index contributed by atoms with van der Waals surface area (Å²) in [7, 11) is -4.28. The van der Waals surface area contributed by atoms with E-state index in [1.54, 1.807) is 5.32 Å². The molecule has 0 aliphatic carbocycles. The Kier molecular flexibility index (Phi) is 8.24. The van der Waals surface area contributed by atoms with E-state index in [1.807, 2.05) is 5.48 Å². The molecule has 1 aliphatic heterocycles. The van der Waals surface area contributed by atoms with Crippen LogP contribution in [0.1, 0.15) is 29.5 Å². The molecule has 17 heteroatoms. The lowest BCUT2D eigenvalue weighted by Gasteiger charge is -2.30. The third-order valence-corrected chi connectivity index (χ3v) is 7.26. The molecule has 38 heavy (non-hydrogen) atoms. The van der Waals surface area contributed by atoms with Crippen LogP contribution in [-0.4, -0.2) is 37.9 Å². The number of anilines is 1. The smallest absolute Gasteiger partial charge is 0.306 e. The van der Waals surface area contributed by atoms with Gasteiger partial charge in [0.25, 0.3) is 0 Å². The molecule has 1 fully saturated rings. The van der Waals surface area contributed by atoms with Crippen LogP contribution in [0, 0.1) is 0 Å². The van der Waals surface area contributed by atoms with Crippen LogP contribution in [0.5, 0.6) is 0 Å². The molecular formula is C21H18F9N3O4S. The highest BCUT2D eigenvalue weighted by atomic mass is 32.2. The van der Waals surface area contributed by atoms with Crippen LogP contribution in [-0.2, 0) is 33.4 Å². The summed E-state index contributed by atoms with van der Waals surface area (Å²) in [6.07, 6.45) is -15.8. The van der Waals surface area contributed by atoms with Crippen molar-refractivity contribution >= 4 is 21.7 Å². The Morgan fingerprint density at radius 1 is 0.816 bits per heavy atom. The number of piperidine rings is 1. The molecule has 1 saturated heterocycles. The maximum absolute atomic E-state index is 12.9. The van der Waals surface area contributed by atoms with Gasteiger partial charge in [0.2, 0.25) is 10.0 Å². The van der Waals surface area contributed by atoms with Gasteiger partial charge in [0.05, 0.1) is 27.7 Å². The van der Waals surface area contributed by atoms with Crippen molar-refractivity contribution in [1.29, 1.82) is 0 Å². The molecular weight excluding hydrogens is 561 g/mol. The molecule has 0 saturated carbocycles. The molecule has 2 amide bonds. The SMILES string of the molecule is O=C(NOC1CCN(S(=O)(=O)c2cccc(C(F)(F)F)c2)CC1)Nc1cc(C(F)(F)F)cc(C(F)(F)F)c1. The molecule has 3 rings (SSSR count). The molecule has 0 spiro atoms. The number of carbonyl (C=O) groups is 1. The van der Waals surface area contributed by atoms with Gasteiger partial charge in [0.1, 0.15) is 0 Å². The predicted molar refractivity (Wildman–Crippen MR) is 113 cm³/mol. The second kappa shape index (κ2) is 10.6. The second-order valence-corrected chi connectivity index (χ2v) is 10.0. The number of carbonyl (C=O) groups excluding carboxylic acids is 1. The summed E-state index contributed by atoms with van der Waals surface area (Å²) in [6.45, 7) is -0.399. The van der Waals surface area contributed by atoms with Crippen molar-refractivity contribution in [2.24, 2.45) is 0 Å². The van der Waals surface area contributed by atoms with Crippen LogP contribution < -0.4 is 10.8 Å². The predicted octanol–water partition coefficient (Wildman–Crippen LogP) is 5.65. The number of urea groups is 1. The fourth-order valence-corrected chi connectivity index (χ4v) is 5.01. The number of sulfonamides is 1. The minimum Gasteiger partial charge on any atom is -0.306 e. The Morgan fingerprint density at radius 2 is 1.34 bits per heavy atom. The number of hydrogen-bond acceptors (Lipinski definition) is 4. The number of halogens is 9. The number of nitrogens with zero attached hydrogens (tertiary/aromatic N) is 1. The van der Waals surface area contributed by atoms with Crippen LogP contribution in [0.2, 0.25) is 0 Å². The van der Waals surface area contributed by atoms with Gasteiger partial charge in [-0.25, -0.2) is 18.7 Å². The molecule has 1 heterocycles. The van der Waals surface area contributed by atoms with Crippen LogP contribution in [0.15, 0.2) is 47.4 Å². The lowest BCUT2D eigenvalue weighted by Crippen LogP contribution is -2.43. The first-order chi connectivity index (χ1) is 17.4. The normalized spacial score (nSPS) is 16.3. The summed E-state index contributed by atoms with van der Waals surface area (Å²) in [5.74, 6) is 0. The van der Waals surface area contributed by atoms with E-state index in [9.17, 15) is 52.7 Å². The van der Waals surface area contributed by atoms with Crippen LogP contribution in [0.25, 0.3) is 0 Å². The van der Waals surface area contributed by atoms with Gasteiger partial charge in [-0.05, 0) is 49.2 Å². The summed E-state index contributed by atoms with van der Waals surface area (Å²) in [4.78, 5) is 16.5. The number of amides is 2. The van der Waals surface area contributed by atoms with Crippen LogP contribution in [0.4, 0.5) is 50.0 Å². The van der Waals surface area contributed by atoms with Crippen LogP contribution in [0.3, 0.4) is 0 Å². The average molecular weight is 579 g/mol. The highest BCUT2D eigenvalue weighted by Gasteiger charge is 2.37. The van der Waals surface area contributed by atoms with Gasteiger partial charge in [0.15, 0.2) is 0 Å². The third-order valence-electron chi connectivity index (χ3n) is 5.36. The molecule has 2 aromatic rings. The van der Waals surface area contributed by atoms with Crippen molar-refractivity contribution in [2.45, 2.75) is 42.4 Å². The monoisotopic (exact) mass is 579 g/mol. The maximum atomic E-state index is 12.9. The zero-order valence-electron chi connectivity index (χ0n) is 18.8. The summed E-state index contributed by atoms with van der Waals surface area (Å²) in [5.41, 5.74) is -3.41. The summed E-state index contributed by atoms with van der Waals surface area (Å²) in [5, 5.41) is 1.81. The van der Waals surface area contributed by atoms with E-state index in [1.165, 1.54) is 0 Å². The van der Waals surface area contributed by atoms with Gasteiger partial charge < -0.3 is 5.32 Å². The fraction of sp³-hybridized carbons (Fsp3) is 0.381. The van der Waals surface area contributed by atoms with Crippen molar-refractivity contribution in [3.8, 4) is 0 Å². The van der Waals surface area contributed by atoms with Gasteiger partial charge in [-0.1, -0.05) is 6.07 Å². The van der Waals surface area contributed by atoms with Gasteiger partial charge in [-0.2, -0.15) is 43.8 Å². The van der Waals surface area contributed by atoms with Crippen molar-refractivity contribution < 1.29 is 57.6 Å². The minimum atomic E-state index is -5.12. The number of hydrogen-bond donors (Lipinski definition) is 2. The van der Waals surface area contributed by atoms with E-state index < -0.39 is 68.0 Å². The third kappa shape index (κ3) is 7.28. The quantitative estimate of drug-likeness (QED) is 0.354. The van der Waals surface area contributed by atoms with Crippen molar-refractivity contribution in [3.05, 3.63) is 59.2 Å². The Labute approximate surface area is 209 Å². The largest absolute Gasteiger partial charge is 0.416 e. The number of nitrogens with one attached hydrogen (secondary N) is 2. The van der Waals surface area contributed by atoms with E-state index in [4.69, 9.17) is 4.84 Å². The van der Waals surface area contributed by atoms with E-state index >= 15 is 0 Å². The maximum Gasteiger partial charge on any atom is 0.416 e. The molecule has 210 valence electrons. The zero-order valence-corrected chi connectivity index (χ0v) is 19.7. The Morgan fingerprint density at radius 3 is 1.84 bits per heavy atom. The number of hydroxylamine groups is 1. The highest BCUT2D eigenvalue weighted by Crippen LogP contribution is 2.37. The van der Waals surface area contributed by atoms with Crippen LogP contribution >= 0.6 is 0 Å². The minimum absolute atomic E-state index is 0.0275. The second-order valence-electron chi connectivity index (χ2n) is 8.10. The first-order valence-electron chi connectivity index (χ1n) is 10.6. The molecule has 7 nitrogen and oxygen atoms in total. The van der Waals surface area contributed by atoms with Crippen molar-refractivity contribution in [3.63, 3.8) is 0 Å². The van der Waals surface area contributed by atoms with Gasteiger partial charge in [0, 0.05) is 18.8 Å². The fourth-order valence-electron chi connectivity index (χ4n) is 3.49. The molecule has 0 radical (unpaired) electrons. The summed E-state index contributed by atoms with van der Waals surface area (Å²) >= 11 is 0. The standard InChI is InChI=1S/C21H18F9N3O4S/c22-19(23,24)12-2-1-3-17(11-12)38(35,36)33-6-4-16(5-7-33)37-32-18(34)31-15-9-13(20(25,26)27)8-14(10-15)21(28,29)30/h1-3,8-11,16H,4-7H2,(H2,31,32,34). The molecule has 2 N–H and O–H groups in total. The van der Waals surface area contributed by atoms with E-state index in [0.717, 1.165) is 22.5 Å². The van der Waals surface area contributed by atoms with Gasteiger partial charge >= 0.3 is 24.6 Å². The molecule has 2 aromatic carbocycles. The van der Waals surface area contributed by atoms with E-state index in [-0.39, 0.29) is 32.0 Å². The van der Waals surface area contributed by atoms with Crippen molar-refractivity contribution in [1.82, 2.24) is 9.79 Å². The first kappa shape index (κ1) is 29.5. The van der Waals surface area contributed by atoms with E-state index in [0.29, 0.717) is 18.2 Å². The molecule has 1 aliphatic rings. The summed E-state index contributed by atoms with van der Waals surface area (Å²) < 4.78 is 143. The number of benzene rings is 2. The van der Waals surface area contributed by atoms with E-state index in [2.05, 4.69) is 0 Å². The lowest BCUT2D eigenvalue weighted by atomic mass is 10.1. The molecule has 0 unspecified atom stereocenters. The average Bonchev–Trinajstić information content (AvgIpc) is 2.81. The Hall–Kier alpha value is -3.05. The Balaban J connectivity index is 1.58. The lowest BCUT2D eigenvalue weighted by molar-refractivity contribution is -0.143. The zero-order chi connectivity index (χ0) is 28.5. The molecule has 0 bridgehead atoms. The first-order valence-corrected chi connectivity index (χ1v) is 12.0. The Bertz CT molecular complexity index is 1240. The van der Waals surface area contributed by atoms with Gasteiger partial charge in [-0.15, -0.1) is 0 Å². The number of alkyl halides is 9. The highest BCUT2D eigenvalue weighted by molar-refractivity contribution is 7.89. The number of rotatable bonds is 5. The summed E-state index contributed by atoms with van der Waals surface area (Å²) in [6, 6.07) is 2.38. The molecule has 0 atom stereocenters. The van der Waals surface area contributed by atoms with Gasteiger partial charge in [-0.3, -0.25) is 4.84 Å². The molecule has 0 aromatic heterocycles.